The van der Waals surface area contributed by atoms with E-state index >= 15 is 0 Å². The number of ketones is 1. The third-order valence-corrected chi connectivity index (χ3v) is 5.89. The van der Waals surface area contributed by atoms with E-state index in [2.05, 4.69) is 38.8 Å². The first-order valence-electron chi connectivity index (χ1n) is 9.34. The molecule has 0 atom stereocenters. The van der Waals surface area contributed by atoms with E-state index in [-0.39, 0.29) is 18.1 Å². The smallest absolute Gasteiger partial charge is 0.197 e. The highest BCUT2D eigenvalue weighted by Gasteiger charge is 2.23. The Morgan fingerprint density at radius 1 is 1.07 bits per heavy atom. The highest BCUT2D eigenvalue weighted by molar-refractivity contribution is 9.11. The summed E-state index contributed by atoms with van der Waals surface area (Å²) in [6, 6.07) is 9.21. The number of aromatic hydroxyl groups is 1. The molecule has 3 rings (SSSR count). The summed E-state index contributed by atoms with van der Waals surface area (Å²) in [6.45, 7) is 2.25. The lowest BCUT2D eigenvalue weighted by molar-refractivity contribution is 0.103. The summed E-state index contributed by atoms with van der Waals surface area (Å²) in [5, 5.41) is 19.7. The molecule has 0 saturated heterocycles. The second-order valence-corrected chi connectivity index (χ2v) is 8.49. The molecule has 1 heterocycles. The molecule has 2 aromatic carbocycles. The second kappa shape index (κ2) is 9.25. The third kappa shape index (κ3) is 4.34. The Morgan fingerprint density at radius 3 is 2.43 bits per heavy atom. The summed E-state index contributed by atoms with van der Waals surface area (Å²) < 4.78 is 6.99. The molecule has 0 spiro atoms. The Hall–Kier alpha value is -1.63. The van der Waals surface area contributed by atoms with Gasteiger partial charge < -0.3 is 14.6 Å². The summed E-state index contributed by atoms with van der Waals surface area (Å²) in [5.41, 5.74) is 2.91. The molecule has 0 aliphatic carbocycles. The average Bonchev–Trinajstić information content (AvgIpc) is 3.02. The van der Waals surface area contributed by atoms with Gasteiger partial charge in [0.1, 0.15) is 17.1 Å². The monoisotopic (exact) mass is 508 g/mol. The van der Waals surface area contributed by atoms with Gasteiger partial charge >= 0.3 is 0 Å². The maximum Gasteiger partial charge on any atom is 0.197 e. The molecule has 4 nitrogen and oxygen atoms in total. The van der Waals surface area contributed by atoms with Crippen LogP contribution < -0.4 is 0 Å². The molecule has 0 aliphatic rings. The van der Waals surface area contributed by atoms with Crippen molar-refractivity contribution >= 4 is 48.6 Å². The number of halogens is 2. The fraction of sp³-hybridized carbons (Fsp3) is 0.318. The van der Waals surface area contributed by atoms with Gasteiger partial charge in [-0.2, -0.15) is 0 Å². The van der Waals surface area contributed by atoms with Crippen LogP contribution in [0.25, 0.3) is 11.0 Å². The van der Waals surface area contributed by atoms with Crippen LogP contribution in [0.2, 0.25) is 0 Å². The lowest BCUT2D eigenvalue weighted by Gasteiger charge is -2.06. The number of benzene rings is 2. The first kappa shape index (κ1) is 21.1. The van der Waals surface area contributed by atoms with Crippen LogP contribution in [0.1, 0.15) is 53.4 Å². The van der Waals surface area contributed by atoms with Gasteiger partial charge in [0.2, 0.25) is 0 Å². The molecular formula is C22H22Br2O4. The van der Waals surface area contributed by atoms with Gasteiger partial charge in [-0.1, -0.05) is 19.1 Å². The van der Waals surface area contributed by atoms with Crippen molar-refractivity contribution in [1.29, 1.82) is 0 Å². The maximum absolute atomic E-state index is 13.3. The highest BCUT2D eigenvalue weighted by atomic mass is 79.9. The van der Waals surface area contributed by atoms with Crippen molar-refractivity contribution in [2.45, 2.75) is 39.0 Å². The number of carbonyl (C=O) groups excluding carboxylic acids is 1. The molecule has 3 aromatic rings. The quantitative estimate of drug-likeness (QED) is 0.281. The number of fused-ring (bicyclic) bond motifs is 1. The van der Waals surface area contributed by atoms with Gasteiger partial charge in [0.25, 0.3) is 0 Å². The number of carbonyl (C=O) groups is 1. The first-order valence-corrected chi connectivity index (χ1v) is 10.9. The van der Waals surface area contributed by atoms with Crippen LogP contribution >= 0.6 is 31.9 Å². The number of hydrogen-bond donors (Lipinski definition) is 2. The molecule has 0 saturated carbocycles. The van der Waals surface area contributed by atoms with Crippen LogP contribution in [0.4, 0.5) is 0 Å². The van der Waals surface area contributed by atoms with Gasteiger partial charge in [-0.15, -0.1) is 0 Å². The zero-order chi connectivity index (χ0) is 20.3. The molecule has 2 N–H and O–H groups in total. The number of aryl methyl sites for hydroxylation is 2. The number of furan rings is 1. The number of unbranched alkanes of at least 4 members (excludes halogenated alkanes) is 1. The van der Waals surface area contributed by atoms with E-state index in [0.29, 0.717) is 37.8 Å². The third-order valence-electron chi connectivity index (χ3n) is 4.68. The molecule has 0 aliphatic heterocycles. The fourth-order valence-electron chi connectivity index (χ4n) is 3.28. The summed E-state index contributed by atoms with van der Waals surface area (Å²) in [6.07, 6.45) is 4.08. The Bertz CT molecular complexity index is 984. The fourth-order valence-corrected chi connectivity index (χ4v) is 4.47. The number of rotatable bonds is 8. The zero-order valence-corrected chi connectivity index (χ0v) is 18.8. The van der Waals surface area contributed by atoms with Crippen LogP contribution in [0.15, 0.2) is 43.7 Å². The van der Waals surface area contributed by atoms with Gasteiger partial charge in [-0.25, -0.2) is 0 Å². The van der Waals surface area contributed by atoms with Gasteiger partial charge in [0.05, 0.1) is 14.5 Å². The van der Waals surface area contributed by atoms with Crippen molar-refractivity contribution < 1.29 is 19.4 Å². The van der Waals surface area contributed by atoms with Crippen molar-refractivity contribution in [3.05, 3.63) is 61.7 Å². The van der Waals surface area contributed by atoms with Crippen LogP contribution in [-0.2, 0) is 12.8 Å². The van der Waals surface area contributed by atoms with Crippen LogP contribution in [-0.4, -0.2) is 22.6 Å². The average molecular weight is 510 g/mol. The van der Waals surface area contributed by atoms with Gasteiger partial charge in [-0.05, 0) is 81.3 Å². The topological polar surface area (TPSA) is 70.7 Å². The first-order chi connectivity index (χ1) is 13.5. The Morgan fingerprint density at radius 2 is 1.79 bits per heavy atom. The Labute approximate surface area is 180 Å². The zero-order valence-electron chi connectivity index (χ0n) is 15.6. The maximum atomic E-state index is 13.3. The molecule has 0 unspecified atom stereocenters. The van der Waals surface area contributed by atoms with Crippen molar-refractivity contribution in [3.8, 4) is 5.75 Å². The number of aliphatic hydroxyl groups excluding tert-OH is 1. The molecule has 0 radical (unpaired) electrons. The summed E-state index contributed by atoms with van der Waals surface area (Å²) in [7, 11) is 0. The molecular weight excluding hydrogens is 488 g/mol. The van der Waals surface area contributed by atoms with Gasteiger partial charge in [-0.3, -0.25) is 4.79 Å². The highest BCUT2D eigenvalue weighted by Crippen LogP contribution is 2.36. The van der Waals surface area contributed by atoms with Crippen LogP contribution in [0.5, 0.6) is 5.75 Å². The largest absolute Gasteiger partial charge is 0.506 e. The minimum atomic E-state index is -0.128. The van der Waals surface area contributed by atoms with Crippen molar-refractivity contribution in [3.63, 3.8) is 0 Å². The molecule has 0 bridgehead atoms. The minimum Gasteiger partial charge on any atom is -0.506 e. The summed E-state index contributed by atoms with van der Waals surface area (Å²) in [5.74, 6) is 0.627. The minimum absolute atomic E-state index is 0.0647. The normalized spacial score (nSPS) is 11.3. The number of hydrogen-bond acceptors (Lipinski definition) is 4. The molecule has 28 heavy (non-hydrogen) atoms. The van der Waals surface area contributed by atoms with E-state index < -0.39 is 0 Å². The molecule has 6 heteroatoms. The number of aliphatic hydroxyl groups is 1. The number of phenols is 1. The Kier molecular flexibility index (Phi) is 6.96. The van der Waals surface area contributed by atoms with E-state index in [1.165, 1.54) is 0 Å². The molecule has 148 valence electrons. The van der Waals surface area contributed by atoms with Crippen LogP contribution in [0, 0.1) is 0 Å². The predicted molar refractivity (Wildman–Crippen MR) is 117 cm³/mol. The second-order valence-electron chi connectivity index (χ2n) is 6.78. The van der Waals surface area contributed by atoms with E-state index in [0.717, 1.165) is 36.6 Å². The predicted octanol–water partition coefficient (Wildman–Crippen LogP) is 6.16. The van der Waals surface area contributed by atoms with Crippen molar-refractivity contribution in [1.82, 2.24) is 0 Å². The summed E-state index contributed by atoms with van der Waals surface area (Å²) in [4.78, 5) is 13.3. The standard InChI is InChI=1S/C22H22Br2O4/c1-2-5-18-20(21(26)14-11-16(23)22(27)17(24)12-14)15-8-7-13(6-3-4-9-25)10-19(15)28-18/h7-8,10-12,25,27H,2-6,9H2,1H3. The van der Waals surface area contributed by atoms with Gasteiger partial charge in [0, 0.05) is 24.0 Å². The van der Waals surface area contributed by atoms with Crippen LogP contribution in [0.3, 0.4) is 0 Å². The van der Waals surface area contributed by atoms with Crippen molar-refractivity contribution in [2.24, 2.45) is 0 Å². The lowest BCUT2D eigenvalue weighted by Crippen LogP contribution is -2.04. The lowest BCUT2D eigenvalue weighted by atomic mass is 9.97. The van der Waals surface area contributed by atoms with Crippen molar-refractivity contribution in [2.75, 3.05) is 6.61 Å². The molecule has 0 amide bonds. The van der Waals surface area contributed by atoms with Gasteiger partial charge in [0.15, 0.2) is 5.78 Å². The molecule has 1 aromatic heterocycles. The summed E-state index contributed by atoms with van der Waals surface area (Å²) >= 11 is 6.59. The Balaban J connectivity index is 2.05. The van der Waals surface area contributed by atoms with E-state index in [9.17, 15) is 9.90 Å². The number of phenolic OH excluding ortho intramolecular Hbond substituents is 1. The van der Waals surface area contributed by atoms with E-state index in [4.69, 9.17) is 9.52 Å². The van der Waals surface area contributed by atoms with E-state index in [1.807, 2.05) is 18.2 Å². The SMILES string of the molecule is CCCc1oc2cc(CCCCO)ccc2c1C(=O)c1cc(Br)c(O)c(Br)c1. The van der Waals surface area contributed by atoms with E-state index in [1.54, 1.807) is 12.1 Å². The molecule has 0 fully saturated rings.